The van der Waals surface area contributed by atoms with Crippen LogP contribution in [0.3, 0.4) is 0 Å². The molecule has 254 valence electrons. The van der Waals surface area contributed by atoms with Crippen molar-refractivity contribution in [1.29, 1.82) is 5.41 Å². The number of carbonyl (C=O) groups is 4. The summed E-state index contributed by atoms with van der Waals surface area (Å²) >= 11 is 0. The van der Waals surface area contributed by atoms with Gasteiger partial charge in [0.2, 0.25) is 5.91 Å². The Labute approximate surface area is 272 Å². The van der Waals surface area contributed by atoms with E-state index in [0.717, 1.165) is 18.4 Å². The average Bonchev–Trinajstić information content (AvgIpc) is 2.95. The van der Waals surface area contributed by atoms with Crippen molar-refractivity contribution in [2.24, 2.45) is 0 Å². The number of hydrogen-bond acceptors (Lipinski definition) is 8. The molecular weight excluding hydrogens is 619 g/mol. The van der Waals surface area contributed by atoms with Crippen LogP contribution in [0.2, 0.25) is 0 Å². The highest BCUT2D eigenvalue weighted by molar-refractivity contribution is 6.04. The Balaban J connectivity index is 2.13. The molecule has 0 bridgehead atoms. The molecule has 4 N–H and O–H groups in total. The number of halogens is 3. The molecule has 14 heteroatoms. The van der Waals surface area contributed by atoms with Crippen LogP contribution in [0.5, 0.6) is 0 Å². The summed E-state index contributed by atoms with van der Waals surface area (Å²) in [6, 6.07) is 8.04. The number of amides is 3. The van der Waals surface area contributed by atoms with Gasteiger partial charge in [-0.3, -0.25) is 20.3 Å². The lowest BCUT2D eigenvalue weighted by Crippen LogP contribution is -2.50. The van der Waals surface area contributed by atoms with Crippen molar-refractivity contribution in [3.05, 3.63) is 58.7 Å². The van der Waals surface area contributed by atoms with Crippen LogP contribution in [-0.4, -0.2) is 67.2 Å². The third-order valence-electron chi connectivity index (χ3n) is 6.42. The molecule has 0 saturated heterocycles. The molecule has 2 aromatic carbocycles. The first-order valence-corrected chi connectivity index (χ1v) is 14.5. The van der Waals surface area contributed by atoms with Crippen molar-refractivity contribution in [3.63, 3.8) is 0 Å². The molecular formula is C33H40F3N5O6. The molecule has 0 aliphatic rings. The van der Waals surface area contributed by atoms with Crippen molar-refractivity contribution < 1.29 is 41.8 Å². The molecule has 0 fully saturated rings. The van der Waals surface area contributed by atoms with E-state index < -0.39 is 54.2 Å². The Morgan fingerprint density at radius 3 is 2.15 bits per heavy atom. The number of aryl methyl sites for hydroxylation is 2. The van der Waals surface area contributed by atoms with Gasteiger partial charge < -0.3 is 25.0 Å². The molecule has 1 unspecified atom stereocenters. The molecule has 0 radical (unpaired) electrons. The summed E-state index contributed by atoms with van der Waals surface area (Å²) in [6.45, 7) is 12.4. The van der Waals surface area contributed by atoms with Crippen molar-refractivity contribution in [2.45, 2.75) is 78.7 Å². The number of nitrogens with one attached hydrogen (secondary N) is 4. The highest BCUT2D eigenvalue weighted by atomic mass is 19.4. The molecule has 1 atom stereocenters. The van der Waals surface area contributed by atoms with Gasteiger partial charge in [-0.2, -0.15) is 13.2 Å². The number of hydrogen-bond donors (Lipinski definition) is 4. The lowest BCUT2D eigenvalue weighted by Gasteiger charge is -2.30. The molecule has 2 rings (SSSR count). The van der Waals surface area contributed by atoms with Gasteiger partial charge in [-0.15, -0.1) is 0 Å². The van der Waals surface area contributed by atoms with Gasteiger partial charge in [0.1, 0.15) is 17.5 Å². The van der Waals surface area contributed by atoms with Gasteiger partial charge in [0.25, 0.3) is 0 Å². The summed E-state index contributed by atoms with van der Waals surface area (Å²) in [5, 5.41) is 15.2. The standard InChI is InChI=1S/C33H40F3N5O6/c1-19(2)41(27(42)18-25(29(43)46-8)39-30(44)33(34,35)36)26-17-20(3)23(16-21(26)4)10-9-15-38-24-13-11-22(12-14-24)28(37)40-31(45)47-32(5,6)7/h11-14,16-17,19,25,38H,15,18H2,1-8H3,(H,39,44)(H2,37,40,45). The maximum absolute atomic E-state index is 13.3. The number of amidine groups is 1. The fourth-order valence-electron chi connectivity index (χ4n) is 4.26. The Hall–Kier alpha value is -5.06. The van der Waals surface area contributed by atoms with Gasteiger partial charge in [-0.05, 0) is 96.0 Å². The molecule has 0 saturated carbocycles. The van der Waals surface area contributed by atoms with Gasteiger partial charge in [0, 0.05) is 28.5 Å². The number of carbonyl (C=O) groups excluding carboxylic acids is 4. The normalized spacial score (nSPS) is 11.8. The quantitative estimate of drug-likeness (QED) is 0.129. The van der Waals surface area contributed by atoms with E-state index >= 15 is 0 Å². The lowest BCUT2D eigenvalue weighted by atomic mass is 10.0. The van der Waals surface area contributed by atoms with Crippen molar-refractivity contribution in [2.75, 3.05) is 23.9 Å². The molecule has 0 heterocycles. The second-order valence-corrected chi connectivity index (χ2v) is 11.8. The van der Waals surface area contributed by atoms with Crippen molar-refractivity contribution >= 4 is 41.1 Å². The number of benzene rings is 2. The molecule has 0 aliphatic carbocycles. The number of esters is 1. The highest BCUT2D eigenvalue weighted by Gasteiger charge is 2.42. The van der Waals surface area contributed by atoms with Crippen LogP contribution in [0.1, 0.15) is 63.3 Å². The van der Waals surface area contributed by atoms with Gasteiger partial charge in [0.05, 0.1) is 20.1 Å². The number of alkyl halides is 3. The third kappa shape index (κ3) is 11.7. The van der Waals surface area contributed by atoms with E-state index in [4.69, 9.17) is 10.1 Å². The van der Waals surface area contributed by atoms with Crippen LogP contribution in [0.15, 0.2) is 36.4 Å². The van der Waals surface area contributed by atoms with E-state index in [9.17, 15) is 32.3 Å². The molecule has 0 spiro atoms. The van der Waals surface area contributed by atoms with E-state index in [1.165, 1.54) is 4.90 Å². The van der Waals surface area contributed by atoms with Crippen LogP contribution in [0, 0.1) is 31.1 Å². The van der Waals surface area contributed by atoms with E-state index in [1.807, 2.05) is 0 Å². The van der Waals surface area contributed by atoms with Gasteiger partial charge in [0.15, 0.2) is 0 Å². The lowest BCUT2D eigenvalue weighted by molar-refractivity contribution is -0.175. The number of ether oxygens (including phenoxy) is 2. The summed E-state index contributed by atoms with van der Waals surface area (Å²) in [5.74, 6) is 1.78. The number of nitrogens with zero attached hydrogens (tertiary/aromatic N) is 1. The molecule has 11 nitrogen and oxygen atoms in total. The Kier molecular flexibility index (Phi) is 13.0. The summed E-state index contributed by atoms with van der Waals surface area (Å²) < 4.78 is 48.1. The molecule has 0 aliphatic heterocycles. The Morgan fingerprint density at radius 2 is 1.62 bits per heavy atom. The topological polar surface area (TPSA) is 150 Å². The average molecular weight is 660 g/mol. The van der Waals surface area contributed by atoms with Crippen LogP contribution in [-0.2, 0) is 23.9 Å². The minimum absolute atomic E-state index is 0.103. The summed E-state index contributed by atoms with van der Waals surface area (Å²) in [6.07, 6.45) is -6.71. The fourth-order valence-corrected chi connectivity index (χ4v) is 4.26. The number of alkyl carbamates (subject to hydrolysis) is 1. The van der Waals surface area contributed by atoms with Crippen molar-refractivity contribution in [1.82, 2.24) is 10.6 Å². The summed E-state index contributed by atoms with van der Waals surface area (Å²) in [4.78, 5) is 50.2. The third-order valence-corrected chi connectivity index (χ3v) is 6.42. The second kappa shape index (κ2) is 16.0. The van der Waals surface area contributed by atoms with Crippen LogP contribution in [0.4, 0.5) is 29.3 Å². The van der Waals surface area contributed by atoms with Crippen LogP contribution < -0.4 is 20.9 Å². The Bertz CT molecular complexity index is 1550. The minimum Gasteiger partial charge on any atom is -0.467 e. The minimum atomic E-state index is -5.25. The SMILES string of the molecule is COC(=O)C(CC(=O)N(c1cc(C)c(C#CCNc2ccc(C(=N)NC(=O)OC(C)(C)C)cc2)cc1C)C(C)C)NC(=O)C(F)(F)F. The molecule has 2 aromatic rings. The van der Waals surface area contributed by atoms with E-state index in [1.54, 1.807) is 90.2 Å². The summed E-state index contributed by atoms with van der Waals surface area (Å²) in [5.41, 5.74) is 3.08. The number of rotatable bonds is 9. The number of anilines is 2. The second-order valence-electron chi connectivity index (χ2n) is 11.8. The monoisotopic (exact) mass is 659 g/mol. The number of methoxy groups -OCH3 is 1. The highest BCUT2D eigenvalue weighted by Crippen LogP contribution is 2.27. The zero-order valence-electron chi connectivity index (χ0n) is 27.6. The van der Waals surface area contributed by atoms with E-state index in [-0.39, 0.29) is 12.4 Å². The van der Waals surface area contributed by atoms with Crippen LogP contribution in [0.25, 0.3) is 0 Å². The molecule has 47 heavy (non-hydrogen) atoms. The maximum Gasteiger partial charge on any atom is 0.471 e. The zero-order chi connectivity index (χ0) is 35.7. The smallest absolute Gasteiger partial charge is 0.467 e. The van der Waals surface area contributed by atoms with Gasteiger partial charge >= 0.3 is 24.1 Å². The fraction of sp³-hybridized carbons (Fsp3) is 0.424. The maximum atomic E-state index is 13.3. The van der Waals surface area contributed by atoms with E-state index in [2.05, 4.69) is 27.2 Å². The van der Waals surface area contributed by atoms with Gasteiger partial charge in [-0.1, -0.05) is 11.8 Å². The van der Waals surface area contributed by atoms with Crippen LogP contribution >= 0.6 is 0 Å². The first-order chi connectivity index (χ1) is 21.7. The van der Waals surface area contributed by atoms with E-state index in [0.29, 0.717) is 22.4 Å². The first-order valence-electron chi connectivity index (χ1n) is 14.5. The molecule has 3 amide bonds. The summed E-state index contributed by atoms with van der Waals surface area (Å²) in [7, 11) is 0.944. The van der Waals surface area contributed by atoms with Crippen molar-refractivity contribution in [3.8, 4) is 11.8 Å². The molecule has 0 aromatic heterocycles. The predicted octanol–water partition coefficient (Wildman–Crippen LogP) is 4.97. The van der Waals surface area contributed by atoms with Gasteiger partial charge in [-0.25, -0.2) is 9.59 Å². The zero-order valence-corrected chi connectivity index (χ0v) is 27.6. The predicted molar refractivity (Wildman–Crippen MR) is 171 cm³/mol. The largest absolute Gasteiger partial charge is 0.471 e. The Morgan fingerprint density at radius 1 is 1.00 bits per heavy atom. The first kappa shape index (κ1) is 38.1.